The highest BCUT2D eigenvalue weighted by Crippen LogP contribution is 2.18. The van der Waals surface area contributed by atoms with Gasteiger partial charge in [-0.3, -0.25) is 4.79 Å². The molecule has 6 nitrogen and oxygen atoms in total. The van der Waals surface area contributed by atoms with E-state index in [0.717, 1.165) is 24.2 Å². The second kappa shape index (κ2) is 7.77. The van der Waals surface area contributed by atoms with E-state index >= 15 is 0 Å². The van der Waals surface area contributed by atoms with Crippen LogP contribution in [0, 0.1) is 6.92 Å². The van der Waals surface area contributed by atoms with Gasteiger partial charge in [-0.2, -0.15) is 0 Å². The summed E-state index contributed by atoms with van der Waals surface area (Å²) in [5.41, 5.74) is 1.03. The zero-order valence-corrected chi connectivity index (χ0v) is 13.7. The van der Waals surface area contributed by atoms with Crippen LogP contribution in [0.3, 0.4) is 0 Å². The summed E-state index contributed by atoms with van der Waals surface area (Å²) in [6.07, 6.45) is 4.91. The smallest absolute Gasteiger partial charge is 0.316 e. The molecule has 2 heterocycles. The highest BCUT2D eigenvalue weighted by molar-refractivity contribution is 5.77. The molecule has 24 heavy (non-hydrogen) atoms. The molecule has 1 saturated heterocycles. The summed E-state index contributed by atoms with van der Waals surface area (Å²) < 4.78 is 11.4. The van der Waals surface area contributed by atoms with Gasteiger partial charge in [-0.25, -0.2) is 9.97 Å². The van der Waals surface area contributed by atoms with Crippen LogP contribution in [0.1, 0.15) is 18.4 Å². The molecular weight excluding hydrogens is 306 g/mol. The number of likely N-dealkylation sites (tertiary alicyclic amines) is 1. The lowest BCUT2D eigenvalue weighted by Gasteiger charge is -2.31. The fourth-order valence-corrected chi connectivity index (χ4v) is 2.67. The average Bonchev–Trinajstić information content (AvgIpc) is 2.62. The number of aromatic nitrogens is 2. The fourth-order valence-electron chi connectivity index (χ4n) is 2.67. The van der Waals surface area contributed by atoms with Crippen molar-refractivity contribution in [2.24, 2.45) is 0 Å². The molecule has 0 N–H and O–H groups in total. The summed E-state index contributed by atoms with van der Waals surface area (Å²) in [6.45, 7) is 3.35. The fraction of sp³-hybridized carbons (Fsp3) is 0.389. The molecular formula is C18H21N3O3. The second-order valence-corrected chi connectivity index (χ2v) is 5.78. The average molecular weight is 327 g/mol. The standard InChI is InChI=1S/C18H21N3O3/c1-14-5-2-3-6-16(14)23-13-17(22)21-11-7-15(8-12-21)24-18-19-9-4-10-20-18/h2-6,9-10,15H,7-8,11-13H2,1H3. The molecule has 1 amide bonds. The van der Waals surface area contributed by atoms with E-state index in [-0.39, 0.29) is 18.6 Å². The van der Waals surface area contributed by atoms with Gasteiger partial charge in [-0.05, 0) is 24.6 Å². The van der Waals surface area contributed by atoms with Gasteiger partial charge in [0.1, 0.15) is 11.9 Å². The largest absolute Gasteiger partial charge is 0.484 e. The first-order valence-electron chi connectivity index (χ1n) is 8.12. The van der Waals surface area contributed by atoms with Gasteiger partial charge in [0.25, 0.3) is 5.91 Å². The zero-order chi connectivity index (χ0) is 16.8. The first kappa shape index (κ1) is 16.2. The van der Waals surface area contributed by atoms with Crippen molar-refractivity contribution in [1.29, 1.82) is 0 Å². The normalized spacial score (nSPS) is 15.1. The highest BCUT2D eigenvalue weighted by Gasteiger charge is 2.24. The van der Waals surface area contributed by atoms with Crippen molar-refractivity contribution in [2.75, 3.05) is 19.7 Å². The Labute approximate surface area is 141 Å². The van der Waals surface area contributed by atoms with Gasteiger partial charge in [0.15, 0.2) is 6.61 Å². The minimum absolute atomic E-state index is 0.00710. The lowest BCUT2D eigenvalue weighted by molar-refractivity contribution is -0.135. The van der Waals surface area contributed by atoms with E-state index in [2.05, 4.69) is 9.97 Å². The van der Waals surface area contributed by atoms with Crippen LogP contribution < -0.4 is 9.47 Å². The van der Waals surface area contributed by atoms with Crippen LogP contribution in [0.5, 0.6) is 11.8 Å². The lowest BCUT2D eigenvalue weighted by atomic mass is 10.1. The van der Waals surface area contributed by atoms with Crippen molar-refractivity contribution in [2.45, 2.75) is 25.9 Å². The minimum atomic E-state index is 0.00710. The maximum Gasteiger partial charge on any atom is 0.316 e. The quantitative estimate of drug-likeness (QED) is 0.842. The van der Waals surface area contributed by atoms with Crippen LogP contribution in [0.2, 0.25) is 0 Å². The third kappa shape index (κ3) is 4.22. The van der Waals surface area contributed by atoms with Crippen molar-refractivity contribution >= 4 is 5.91 Å². The van der Waals surface area contributed by atoms with E-state index in [1.54, 1.807) is 18.5 Å². The molecule has 126 valence electrons. The Balaban J connectivity index is 1.44. The summed E-state index contributed by atoms with van der Waals surface area (Å²) in [5, 5.41) is 0. The Kier molecular flexibility index (Phi) is 5.25. The molecule has 0 atom stereocenters. The van der Waals surface area contributed by atoms with Crippen molar-refractivity contribution in [3.8, 4) is 11.8 Å². The Hall–Kier alpha value is -2.63. The highest BCUT2D eigenvalue weighted by atomic mass is 16.5. The number of nitrogens with zero attached hydrogens (tertiary/aromatic N) is 3. The van der Waals surface area contributed by atoms with Crippen LogP contribution in [-0.4, -0.2) is 46.6 Å². The Morgan fingerprint density at radius 1 is 1.17 bits per heavy atom. The SMILES string of the molecule is Cc1ccccc1OCC(=O)N1CCC(Oc2ncccn2)CC1. The first-order chi connectivity index (χ1) is 11.7. The summed E-state index contributed by atoms with van der Waals surface area (Å²) in [6, 6.07) is 9.84. The predicted molar refractivity (Wildman–Crippen MR) is 88.9 cm³/mol. The number of benzene rings is 1. The van der Waals surface area contributed by atoms with Gasteiger partial charge in [-0.15, -0.1) is 0 Å². The number of hydrogen-bond donors (Lipinski definition) is 0. The monoisotopic (exact) mass is 327 g/mol. The number of hydrogen-bond acceptors (Lipinski definition) is 5. The van der Waals surface area contributed by atoms with Crippen molar-refractivity contribution < 1.29 is 14.3 Å². The molecule has 0 saturated carbocycles. The maximum atomic E-state index is 12.3. The second-order valence-electron chi connectivity index (χ2n) is 5.78. The predicted octanol–water partition coefficient (Wildman–Crippen LogP) is 2.23. The van der Waals surface area contributed by atoms with E-state index in [9.17, 15) is 4.79 Å². The molecule has 1 aromatic carbocycles. The van der Waals surface area contributed by atoms with E-state index in [0.29, 0.717) is 19.1 Å². The van der Waals surface area contributed by atoms with Crippen LogP contribution in [-0.2, 0) is 4.79 Å². The van der Waals surface area contributed by atoms with E-state index in [4.69, 9.17) is 9.47 Å². The summed E-state index contributed by atoms with van der Waals surface area (Å²) >= 11 is 0. The lowest BCUT2D eigenvalue weighted by Crippen LogP contribution is -2.43. The van der Waals surface area contributed by atoms with Gasteiger partial charge in [-0.1, -0.05) is 18.2 Å². The molecule has 0 spiro atoms. The van der Waals surface area contributed by atoms with Gasteiger partial charge < -0.3 is 14.4 Å². The molecule has 6 heteroatoms. The number of amides is 1. The van der Waals surface area contributed by atoms with Gasteiger partial charge >= 0.3 is 6.01 Å². The molecule has 0 bridgehead atoms. The molecule has 0 radical (unpaired) electrons. The number of carbonyl (C=O) groups is 1. The first-order valence-corrected chi connectivity index (χ1v) is 8.12. The van der Waals surface area contributed by atoms with Crippen LogP contribution in [0.4, 0.5) is 0 Å². The number of carbonyl (C=O) groups excluding carboxylic acids is 1. The van der Waals surface area contributed by atoms with E-state index in [1.165, 1.54) is 0 Å². The maximum absolute atomic E-state index is 12.3. The molecule has 0 unspecified atom stereocenters. The molecule has 1 aliphatic rings. The van der Waals surface area contributed by atoms with Crippen molar-refractivity contribution in [3.63, 3.8) is 0 Å². The van der Waals surface area contributed by atoms with E-state index in [1.807, 2.05) is 36.1 Å². The number of ether oxygens (including phenoxy) is 2. The van der Waals surface area contributed by atoms with Crippen molar-refractivity contribution in [1.82, 2.24) is 14.9 Å². The van der Waals surface area contributed by atoms with Gasteiger partial charge in [0.05, 0.1) is 0 Å². The molecule has 3 rings (SSSR count). The number of piperidine rings is 1. The van der Waals surface area contributed by atoms with Gasteiger partial charge in [0, 0.05) is 38.3 Å². The minimum Gasteiger partial charge on any atom is -0.484 e. The number of aryl methyl sites for hydroxylation is 1. The summed E-state index contributed by atoms with van der Waals surface area (Å²) in [5.74, 6) is 0.762. The van der Waals surface area contributed by atoms with E-state index < -0.39 is 0 Å². The topological polar surface area (TPSA) is 64.5 Å². The molecule has 1 aromatic heterocycles. The third-order valence-corrected chi connectivity index (χ3v) is 4.05. The third-order valence-electron chi connectivity index (χ3n) is 4.05. The van der Waals surface area contributed by atoms with Crippen LogP contribution in [0.15, 0.2) is 42.7 Å². The summed E-state index contributed by atoms with van der Waals surface area (Å²) in [7, 11) is 0. The number of rotatable bonds is 5. The molecule has 1 fully saturated rings. The Morgan fingerprint density at radius 3 is 2.58 bits per heavy atom. The number of para-hydroxylation sites is 1. The van der Waals surface area contributed by atoms with Crippen LogP contribution >= 0.6 is 0 Å². The Bertz CT molecular complexity index is 670. The van der Waals surface area contributed by atoms with Crippen molar-refractivity contribution in [3.05, 3.63) is 48.3 Å². The Morgan fingerprint density at radius 2 is 1.88 bits per heavy atom. The van der Waals surface area contributed by atoms with Gasteiger partial charge in [0.2, 0.25) is 0 Å². The molecule has 2 aromatic rings. The van der Waals surface area contributed by atoms with Crippen LogP contribution in [0.25, 0.3) is 0 Å². The zero-order valence-electron chi connectivity index (χ0n) is 13.7. The summed E-state index contributed by atoms with van der Waals surface area (Å²) in [4.78, 5) is 22.2. The molecule has 0 aliphatic carbocycles. The molecule has 1 aliphatic heterocycles.